The summed E-state index contributed by atoms with van der Waals surface area (Å²) >= 11 is 8.61. The molecule has 6 nitrogen and oxygen atoms in total. The molecule has 2 rings (SSSR count). The van der Waals surface area contributed by atoms with Crippen LogP contribution in [-0.4, -0.2) is 39.0 Å². The summed E-state index contributed by atoms with van der Waals surface area (Å²) in [5.41, 5.74) is 1.48. The molecule has 0 aliphatic rings. The Kier molecular flexibility index (Phi) is 11.4. The van der Waals surface area contributed by atoms with Gasteiger partial charge in [-0.1, -0.05) is 6.42 Å². The maximum Gasteiger partial charge on any atom is 1.00 e. The molecule has 0 fully saturated rings. The molecule has 2 atom stereocenters. The average molecular weight is 433 g/mol. The molecule has 0 radical (unpaired) electrons. The number of hydrogen-bond acceptors (Lipinski definition) is 6. The van der Waals surface area contributed by atoms with E-state index in [-0.39, 0.29) is 59.3 Å². The van der Waals surface area contributed by atoms with Gasteiger partial charge in [0.1, 0.15) is 5.75 Å². The van der Waals surface area contributed by atoms with Gasteiger partial charge in [-0.15, -0.1) is 0 Å². The number of rotatable bonds is 11. The van der Waals surface area contributed by atoms with Crippen LogP contribution in [0, 0.1) is 0 Å². The van der Waals surface area contributed by atoms with Crippen molar-refractivity contribution in [1.29, 1.82) is 0 Å². The van der Waals surface area contributed by atoms with Crippen LogP contribution in [0.2, 0.25) is 0 Å². The molecule has 0 aliphatic carbocycles. The summed E-state index contributed by atoms with van der Waals surface area (Å²) in [7, 11) is 0. The Bertz CT molecular complexity index is 784. The van der Waals surface area contributed by atoms with Crippen molar-refractivity contribution in [2.75, 3.05) is 5.75 Å². The molecule has 0 saturated carbocycles. The van der Waals surface area contributed by atoms with Gasteiger partial charge in [0, 0.05) is 35.2 Å². The predicted octanol–water partition coefficient (Wildman–Crippen LogP) is -1.17. The predicted molar refractivity (Wildman–Crippen MR) is 110 cm³/mol. The van der Waals surface area contributed by atoms with E-state index < -0.39 is 12.0 Å². The average Bonchev–Trinajstić information content (AvgIpc) is 3.00. The fraction of sp³-hybridized carbons (Fsp3) is 0.474. The van der Waals surface area contributed by atoms with Gasteiger partial charge in [-0.3, -0.25) is 4.79 Å². The van der Waals surface area contributed by atoms with Crippen LogP contribution in [0.1, 0.15) is 37.7 Å². The molecule has 28 heavy (non-hydrogen) atoms. The number of benzene rings is 1. The number of nitrogens with one attached hydrogen (secondary N) is 2. The van der Waals surface area contributed by atoms with Gasteiger partial charge in [0.25, 0.3) is 0 Å². The van der Waals surface area contributed by atoms with E-state index in [1.165, 1.54) is 0 Å². The molecule has 0 spiro atoms. The minimum atomic E-state index is -1.33. The smallest absolute Gasteiger partial charge is 0.548 e. The second-order valence-electron chi connectivity index (χ2n) is 6.60. The van der Waals surface area contributed by atoms with Crippen molar-refractivity contribution in [2.45, 2.75) is 49.8 Å². The number of thiol groups is 2. The summed E-state index contributed by atoms with van der Waals surface area (Å²) in [6, 6.07) is 3.70. The van der Waals surface area contributed by atoms with Crippen LogP contribution in [0.3, 0.4) is 0 Å². The first-order valence-electron chi connectivity index (χ1n) is 8.98. The van der Waals surface area contributed by atoms with Crippen LogP contribution < -0.4 is 40.0 Å². The number of carbonyl (C=O) groups excluding carboxylic acids is 2. The van der Waals surface area contributed by atoms with Crippen LogP contribution in [0.15, 0.2) is 24.4 Å². The SMILES string of the molecule is O=C(CCCCC(S)CCS)N[C@@H](Cc1c[nH]c2ccc(O)cc12)C(=O)[O-].[Na+]. The number of carboxylic acid groups (broad SMARTS) is 1. The summed E-state index contributed by atoms with van der Waals surface area (Å²) in [5.74, 6) is -0.759. The quantitative estimate of drug-likeness (QED) is 0.175. The fourth-order valence-corrected chi connectivity index (χ4v) is 3.80. The van der Waals surface area contributed by atoms with Crippen LogP contribution in [0.4, 0.5) is 0 Å². The number of aromatic amines is 1. The number of aromatic hydroxyl groups is 1. The molecule has 2 aromatic rings. The Balaban J connectivity index is 0.00000392. The van der Waals surface area contributed by atoms with E-state index >= 15 is 0 Å². The van der Waals surface area contributed by atoms with Gasteiger partial charge >= 0.3 is 29.6 Å². The third-order valence-electron chi connectivity index (χ3n) is 4.45. The Labute approximate surface area is 198 Å². The first kappa shape index (κ1) is 25.2. The second kappa shape index (κ2) is 12.7. The van der Waals surface area contributed by atoms with E-state index in [0.717, 1.165) is 35.9 Å². The van der Waals surface area contributed by atoms with Gasteiger partial charge in [0.05, 0.1) is 12.0 Å². The Morgan fingerprint density at radius 2 is 2.00 bits per heavy atom. The number of unbranched alkanes of at least 4 members (excludes halogenated alkanes) is 1. The Morgan fingerprint density at radius 1 is 1.25 bits per heavy atom. The maximum absolute atomic E-state index is 12.1. The number of hydrogen-bond donors (Lipinski definition) is 5. The van der Waals surface area contributed by atoms with E-state index in [4.69, 9.17) is 0 Å². The number of H-pyrrole nitrogens is 1. The van der Waals surface area contributed by atoms with Gasteiger partial charge in [-0.25, -0.2) is 0 Å². The minimum Gasteiger partial charge on any atom is -0.548 e. The number of phenols is 1. The Hall–Kier alpha value is -0.800. The van der Waals surface area contributed by atoms with E-state index in [2.05, 4.69) is 35.6 Å². The topological polar surface area (TPSA) is 105 Å². The van der Waals surface area contributed by atoms with E-state index in [0.29, 0.717) is 12.0 Å². The van der Waals surface area contributed by atoms with Crippen molar-refractivity contribution in [2.24, 2.45) is 0 Å². The molecule has 0 aliphatic heterocycles. The largest absolute Gasteiger partial charge is 1.00 e. The third-order valence-corrected chi connectivity index (χ3v) is 5.22. The van der Waals surface area contributed by atoms with E-state index in [9.17, 15) is 19.8 Å². The van der Waals surface area contributed by atoms with Gasteiger partial charge < -0.3 is 25.3 Å². The molecule has 1 heterocycles. The molecule has 0 bridgehead atoms. The summed E-state index contributed by atoms with van der Waals surface area (Å²) in [6.07, 6.45) is 5.38. The van der Waals surface area contributed by atoms with Crippen LogP contribution >= 0.6 is 25.3 Å². The molecule has 9 heteroatoms. The summed E-state index contributed by atoms with van der Waals surface area (Å²) < 4.78 is 0. The first-order valence-corrected chi connectivity index (χ1v) is 10.1. The zero-order valence-corrected chi connectivity index (χ0v) is 19.8. The first-order chi connectivity index (χ1) is 12.9. The van der Waals surface area contributed by atoms with Crippen molar-refractivity contribution in [3.8, 4) is 5.75 Å². The van der Waals surface area contributed by atoms with Gasteiger partial charge in [0.2, 0.25) is 5.91 Å². The zero-order chi connectivity index (χ0) is 19.8. The Morgan fingerprint density at radius 3 is 2.68 bits per heavy atom. The summed E-state index contributed by atoms with van der Waals surface area (Å²) in [6.45, 7) is 0. The minimum absolute atomic E-state index is 0. The van der Waals surface area contributed by atoms with Crippen molar-refractivity contribution in [1.82, 2.24) is 10.3 Å². The number of phenolic OH excluding ortho intramolecular Hbond substituents is 1. The molecule has 1 amide bonds. The number of aromatic nitrogens is 1. The van der Waals surface area contributed by atoms with Crippen molar-refractivity contribution < 1.29 is 49.4 Å². The van der Waals surface area contributed by atoms with Crippen LogP contribution in [-0.2, 0) is 16.0 Å². The molecule has 1 unspecified atom stereocenters. The zero-order valence-electron chi connectivity index (χ0n) is 16.0. The van der Waals surface area contributed by atoms with Gasteiger partial charge in [-0.05, 0) is 48.8 Å². The number of aliphatic carboxylic acids is 1. The maximum atomic E-state index is 12.1. The van der Waals surface area contributed by atoms with E-state index in [1.54, 1.807) is 24.4 Å². The molecule has 3 N–H and O–H groups in total. The van der Waals surface area contributed by atoms with Gasteiger partial charge in [-0.2, -0.15) is 25.3 Å². The third kappa shape index (κ3) is 7.91. The number of fused-ring (bicyclic) bond motifs is 1. The molecule has 0 saturated heterocycles. The molecule has 1 aromatic heterocycles. The molecular formula is C19H25N2NaO4S2. The standard InChI is InChI=1S/C19H26N2O4S2.Na/c22-13-5-6-16-15(10-13)12(11-20-16)9-17(19(24)25)21-18(23)4-2-1-3-14(27)7-8-26;/h5-6,10-11,14,17,20,22,26-27H,1-4,7-9H2,(H,21,23)(H,24,25);/q;+1/p-1/t14?,17-;/m0./s1. The fourth-order valence-electron chi connectivity index (χ4n) is 2.97. The monoisotopic (exact) mass is 432 g/mol. The summed E-state index contributed by atoms with van der Waals surface area (Å²) in [5, 5.41) is 24.6. The van der Waals surface area contributed by atoms with Crippen molar-refractivity contribution >= 4 is 48.0 Å². The van der Waals surface area contributed by atoms with Crippen LogP contribution in [0.25, 0.3) is 10.9 Å². The molecule has 1 aromatic carbocycles. The molecule has 148 valence electrons. The number of amides is 1. The van der Waals surface area contributed by atoms with Gasteiger partial charge in [0.15, 0.2) is 0 Å². The molecular weight excluding hydrogens is 407 g/mol. The van der Waals surface area contributed by atoms with Crippen molar-refractivity contribution in [3.05, 3.63) is 30.0 Å². The van der Waals surface area contributed by atoms with E-state index in [1.807, 2.05) is 0 Å². The summed E-state index contributed by atoms with van der Waals surface area (Å²) in [4.78, 5) is 26.6. The number of carbonyl (C=O) groups is 2. The normalized spacial score (nSPS) is 12.9. The second-order valence-corrected chi connectivity index (χ2v) is 7.78. The number of carboxylic acids is 1. The van der Waals surface area contributed by atoms with Crippen LogP contribution in [0.5, 0.6) is 5.75 Å². The van der Waals surface area contributed by atoms with Crippen molar-refractivity contribution in [3.63, 3.8) is 0 Å².